The fourth-order valence-corrected chi connectivity index (χ4v) is 2.38. The Morgan fingerprint density at radius 2 is 1.85 bits per heavy atom. The molecule has 0 amide bonds. The first-order valence-corrected chi connectivity index (χ1v) is 6.20. The number of aromatic nitrogens is 2. The van der Waals surface area contributed by atoms with E-state index in [1.165, 1.54) is 12.1 Å². The molecule has 102 valence electrons. The Morgan fingerprint density at radius 3 is 2.65 bits per heavy atom. The van der Waals surface area contributed by atoms with Gasteiger partial charge in [0.2, 0.25) is 0 Å². The number of fused-ring (bicyclic) bond motifs is 1. The molecule has 1 aromatic heterocycles. The summed E-state index contributed by atoms with van der Waals surface area (Å²) in [5.41, 5.74) is 7.62. The van der Waals surface area contributed by atoms with Crippen molar-refractivity contribution in [3.63, 3.8) is 0 Å². The van der Waals surface area contributed by atoms with Gasteiger partial charge in [0.05, 0.1) is 17.3 Å². The second kappa shape index (κ2) is 4.68. The highest BCUT2D eigenvalue weighted by atomic mass is 19.2. The molecule has 2 aromatic carbocycles. The highest BCUT2D eigenvalue weighted by Gasteiger charge is 2.21. The molecular formula is C15H13F2N3. The van der Waals surface area contributed by atoms with E-state index in [9.17, 15) is 8.78 Å². The van der Waals surface area contributed by atoms with Crippen LogP contribution >= 0.6 is 0 Å². The average molecular weight is 273 g/mol. The Hall–Kier alpha value is -2.27. The van der Waals surface area contributed by atoms with Crippen molar-refractivity contribution in [3.05, 3.63) is 65.4 Å². The van der Waals surface area contributed by atoms with E-state index in [-0.39, 0.29) is 5.56 Å². The second-order valence-corrected chi connectivity index (χ2v) is 4.65. The minimum absolute atomic E-state index is 0.105. The second-order valence-electron chi connectivity index (χ2n) is 4.65. The lowest BCUT2D eigenvalue weighted by atomic mass is 10.0. The van der Waals surface area contributed by atoms with Crippen LogP contribution in [0.1, 0.15) is 17.3 Å². The summed E-state index contributed by atoms with van der Waals surface area (Å²) in [6.45, 7) is 0. The van der Waals surface area contributed by atoms with Crippen LogP contribution < -0.4 is 5.73 Å². The predicted molar refractivity (Wildman–Crippen MR) is 73.1 cm³/mol. The van der Waals surface area contributed by atoms with E-state index >= 15 is 0 Å². The van der Waals surface area contributed by atoms with Crippen molar-refractivity contribution in [1.82, 2.24) is 9.78 Å². The van der Waals surface area contributed by atoms with Gasteiger partial charge in [-0.05, 0) is 12.1 Å². The highest BCUT2D eigenvalue weighted by Crippen LogP contribution is 2.28. The molecule has 5 heteroatoms. The summed E-state index contributed by atoms with van der Waals surface area (Å²) in [6, 6.07) is 10.7. The van der Waals surface area contributed by atoms with Crippen molar-refractivity contribution >= 4 is 10.9 Å². The number of rotatable bonds is 2. The first-order chi connectivity index (χ1) is 9.59. The molecule has 0 spiro atoms. The maximum Gasteiger partial charge on any atom is 0.163 e. The fourth-order valence-electron chi connectivity index (χ4n) is 2.38. The molecule has 0 saturated carbocycles. The summed E-state index contributed by atoms with van der Waals surface area (Å²) in [6.07, 6.45) is 0. The van der Waals surface area contributed by atoms with Crippen LogP contribution in [-0.4, -0.2) is 9.78 Å². The molecule has 20 heavy (non-hydrogen) atoms. The van der Waals surface area contributed by atoms with Gasteiger partial charge in [-0.25, -0.2) is 8.78 Å². The van der Waals surface area contributed by atoms with Crippen LogP contribution in [0.15, 0.2) is 42.5 Å². The van der Waals surface area contributed by atoms with Gasteiger partial charge in [-0.3, -0.25) is 4.68 Å². The third-order valence-corrected chi connectivity index (χ3v) is 3.40. The predicted octanol–water partition coefficient (Wildman–Crippen LogP) is 2.90. The molecule has 0 fully saturated rings. The number of aryl methyl sites for hydroxylation is 1. The van der Waals surface area contributed by atoms with E-state index < -0.39 is 17.7 Å². The summed E-state index contributed by atoms with van der Waals surface area (Å²) in [5, 5.41) is 5.18. The van der Waals surface area contributed by atoms with Gasteiger partial charge in [0.1, 0.15) is 0 Å². The number of benzene rings is 2. The van der Waals surface area contributed by atoms with Crippen LogP contribution in [0.25, 0.3) is 10.9 Å². The van der Waals surface area contributed by atoms with Gasteiger partial charge in [0.15, 0.2) is 11.6 Å². The van der Waals surface area contributed by atoms with Gasteiger partial charge >= 0.3 is 0 Å². The van der Waals surface area contributed by atoms with Crippen LogP contribution in [0.3, 0.4) is 0 Å². The van der Waals surface area contributed by atoms with Crippen LogP contribution in [0.5, 0.6) is 0 Å². The van der Waals surface area contributed by atoms with Crippen LogP contribution in [-0.2, 0) is 7.05 Å². The maximum atomic E-state index is 13.9. The third kappa shape index (κ3) is 1.87. The SMILES string of the molecule is Cn1nc(C(N)c2cccc(F)c2F)c2ccccc21. The van der Waals surface area contributed by atoms with E-state index in [1.54, 1.807) is 11.7 Å². The molecule has 3 rings (SSSR count). The zero-order valence-corrected chi connectivity index (χ0v) is 10.8. The Bertz CT molecular complexity index is 780. The Kier molecular flexibility index (Phi) is 2.99. The lowest BCUT2D eigenvalue weighted by Gasteiger charge is -2.11. The normalized spacial score (nSPS) is 12.8. The molecule has 0 saturated heterocycles. The van der Waals surface area contributed by atoms with E-state index in [0.717, 1.165) is 17.0 Å². The molecule has 3 nitrogen and oxygen atoms in total. The van der Waals surface area contributed by atoms with Crippen LogP contribution in [0, 0.1) is 11.6 Å². The molecule has 0 aliphatic rings. The summed E-state index contributed by atoms with van der Waals surface area (Å²) in [4.78, 5) is 0. The van der Waals surface area contributed by atoms with Crippen LogP contribution in [0.4, 0.5) is 8.78 Å². The molecule has 1 heterocycles. The molecule has 0 bridgehead atoms. The molecule has 0 aliphatic heterocycles. The zero-order chi connectivity index (χ0) is 14.3. The molecule has 0 radical (unpaired) electrons. The highest BCUT2D eigenvalue weighted by molar-refractivity contribution is 5.82. The minimum atomic E-state index is -0.922. The van der Waals surface area contributed by atoms with E-state index in [2.05, 4.69) is 5.10 Å². The topological polar surface area (TPSA) is 43.8 Å². The van der Waals surface area contributed by atoms with Crippen molar-refractivity contribution in [2.24, 2.45) is 12.8 Å². The monoisotopic (exact) mass is 273 g/mol. The Morgan fingerprint density at radius 1 is 1.10 bits per heavy atom. The first-order valence-electron chi connectivity index (χ1n) is 6.20. The quantitative estimate of drug-likeness (QED) is 0.780. The van der Waals surface area contributed by atoms with Gasteiger partial charge in [-0.2, -0.15) is 5.10 Å². The molecule has 1 unspecified atom stereocenters. The number of hydrogen-bond acceptors (Lipinski definition) is 2. The molecule has 1 atom stereocenters. The van der Waals surface area contributed by atoms with E-state index in [1.807, 2.05) is 24.3 Å². The van der Waals surface area contributed by atoms with E-state index in [0.29, 0.717) is 5.69 Å². The average Bonchev–Trinajstić information content (AvgIpc) is 2.79. The number of nitrogens with two attached hydrogens (primary N) is 1. The smallest absolute Gasteiger partial charge is 0.163 e. The number of para-hydroxylation sites is 1. The van der Waals surface area contributed by atoms with Gasteiger partial charge < -0.3 is 5.73 Å². The maximum absolute atomic E-state index is 13.9. The summed E-state index contributed by atoms with van der Waals surface area (Å²) >= 11 is 0. The Balaban J connectivity index is 2.18. The number of nitrogens with zero attached hydrogens (tertiary/aromatic N) is 2. The lowest BCUT2D eigenvalue weighted by molar-refractivity contribution is 0.493. The molecule has 2 N–H and O–H groups in total. The third-order valence-electron chi connectivity index (χ3n) is 3.40. The molecular weight excluding hydrogens is 260 g/mol. The fraction of sp³-hybridized carbons (Fsp3) is 0.133. The molecule has 3 aromatic rings. The van der Waals surface area contributed by atoms with Gasteiger partial charge in [0.25, 0.3) is 0 Å². The van der Waals surface area contributed by atoms with Crippen LogP contribution in [0.2, 0.25) is 0 Å². The summed E-state index contributed by atoms with van der Waals surface area (Å²) in [5.74, 6) is -1.83. The lowest BCUT2D eigenvalue weighted by Crippen LogP contribution is -2.15. The van der Waals surface area contributed by atoms with Gasteiger partial charge in [-0.15, -0.1) is 0 Å². The summed E-state index contributed by atoms with van der Waals surface area (Å²) in [7, 11) is 1.79. The number of hydrogen-bond donors (Lipinski definition) is 1. The zero-order valence-electron chi connectivity index (χ0n) is 10.8. The van der Waals surface area contributed by atoms with Crippen molar-refractivity contribution in [2.45, 2.75) is 6.04 Å². The van der Waals surface area contributed by atoms with Crippen molar-refractivity contribution in [2.75, 3.05) is 0 Å². The summed E-state index contributed by atoms with van der Waals surface area (Å²) < 4.78 is 28.9. The van der Waals surface area contributed by atoms with Crippen molar-refractivity contribution < 1.29 is 8.78 Å². The van der Waals surface area contributed by atoms with Crippen molar-refractivity contribution in [3.8, 4) is 0 Å². The van der Waals surface area contributed by atoms with Crippen molar-refractivity contribution in [1.29, 1.82) is 0 Å². The molecule has 0 aliphatic carbocycles. The van der Waals surface area contributed by atoms with Gasteiger partial charge in [0, 0.05) is 18.0 Å². The van der Waals surface area contributed by atoms with E-state index in [4.69, 9.17) is 5.73 Å². The van der Waals surface area contributed by atoms with Gasteiger partial charge in [-0.1, -0.05) is 30.3 Å². The number of halogens is 2. The first kappa shape index (κ1) is 12.7. The largest absolute Gasteiger partial charge is 0.319 e. The Labute approximate surface area is 114 Å². The minimum Gasteiger partial charge on any atom is -0.319 e. The standard InChI is InChI=1S/C15H13F2N3/c1-20-12-8-3-2-5-9(12)15(19-20)14(18)10-6-4-7-11(16)13(10)17/h2-8,14H,18H2,1H3.